The van der Waals surface area contributed by atoms with E-state index in [1.165, 1.54) is 7.11 Å². The molecule has 1 N–H and O–H groups in total. The fraction of sp³-hybridized carbons (Fsp3) is 0.263. The second-order valence-corrected chi connectivity index (χ2v) is 5.55. The van der Waals surface area contributed by atoms with Crippen molar-refractivity contribution in [2.45, 2.75) is 20.3 Å². The van der Waals surface area contributed by atoms with E-state index in [-0.39, 0.29) is 24.9 Å². The molecular formula is C19H21NO4. The lowest BCUT2D eigenvalue weighted by atomic mass is 10.1. The van der Waals surface area contributed by atoms with Gasteiger partial charge in [0.05, 0.1) is 13.5 Å². The number of amides is 1. The summed E-state index contributed by atoms with van der Waals surface area (Å²) in [4.78, 5) is 23.2. The van der Waals surface area contributed by atoms with Crippen LogP contribution in [0.1, 0.15) is 16.7 Å². The first-order valence-electron chi connectivity index (χ1n) is 7.63. The van der Waals surface area contributed by atoms with Gasteiger partial charge in [0.15, 0.2) is 6.61 Å². The predicted octanol–water partition coefficient (Wildman–Crippen LogP) is 3.04. The van der Waals surface area contributed by atoms with Gasteiger partial charge >= 0.3 is 5.97 Å². The Labute approximate surface area is 141 Å². The van der Waals surface area contributed by atoms with Crippen molar-refractivity contribution in [2.75, 3.05) is 19.0 Å². The van der Waals surface area contributed by atoms with E-state index in [1.54, 1.807) is 24.3 Å². The zero-order chi connectivity index (χ0) is 17.5. The number of carbonyl (C=O) groups excluding carboxylic acids is 2. The number of hydrogen-bond acceptors (Lipinski definition) is 4. The first-order chi connectivity index (χ1) is 11.5. The van der Waals surface area contributed by atoms with Crippen LogP contribution in [0.25, 0.3) is 0 Å². The summed E-state index contributed by atoms with van der Waals surface area (Å²) < 4.78 is 10.1. The van der Waals surface area contributed by atoms with Crippen LogP contribution in [0.2, 0.25) is 0 Å². The Morgan fingerprint density at radius 1 is 1.04 bits per heavy atom. The molecule has 0 fully saturated rings. The van der Waals surface area contributed by atoms with Crippen LogP contribution in [0, 0.1) is 13.8 Å². The van der Waals surface area contributed by atoms with E-state index in [0.29, 0.717) is 5.75 Å². The summed E-state index contributed by atoms with van der Waals surface area (Å²) in [5, 5.41) is 2.84. The Balaban J connectivity index is 1.87. The van der Waals surface area contributed by atoms with Crippen molar-refractivity contribution >= 4 is 17.6 Å². The zero-order valence-electron chi connectivity index (χ0n) is 14.1. The summed E-state index contributed by atoms with van der Waals surface area (Å²) in [6.07, 6.45) is 0.212. The number of esters is 1. The maximum atomic E-state index is 12.0. The van der Waals surface area contributed by atoms with Crippen molar-refractivity contribution in [3.8, 4) is 5.75 Å². The van der Waals surface area contributed by atoms with Crippen molar-refractivity contribution in [1.29, 1.82) is 0 Å². The summed E-state index contributed by atoms with van der Waals surface area (Å²) >= 11 is 0. The van der Waals surface area contributed by atoms with Gasteiger partial charge in [0.1, 0.15) is 5.75 Å². The molecule has 0 aliphatic carbocycles. The van der Waals surface area contributed by atoms with E-state index >= 15 is 0 Å². The monoisotopic (exact) mass is 327 g/mol. The molecule has 0 aromatic heterocycles. The number of ether oxygens (including phenoxy) is 2. The molecule has 2 aromatic carbocycles. The first-order valence-corrected chi connectivity index (χ1v) is 7.63. The van der Waals surface area contributed by atoms with Gasteiger partial charge in [-0.15, -0.1) is 0 Å². The first kappa shape index (κ1) is 17.5. The molecule has 2 aromatic rings. The van der Waals surface area contributed by atoms with E-state index in [1.807, 2.05) is 32.0 Å². The molecule has 0 saturated carbocycles. The standard InChI is InChI=1S/C19H21NO4/c1-13-4-5-14(2)17(10-13)20-18(21)12-24-16-8-6-15(7-9-16)11-19(22)23-3/h4-10H,11-12H2,1-3H3,(H,20,21). The van der Waals surface area contributed by atoms with Crippen LogP contribution in [0.3, 0.4) is 0 Å². The van der Waals surface area contributed by atoms with Crippen molar-refractivity contribution in [1.82, 2.24) is 0 Å². The molecule has 0 aliphatic rings. The number of benzene rings is 2. The van der Waals surface area contributed by atoms with Gasteiger partial charge in [-0.25, -0.2) is 0 Å². The molecule has 126 valence electrons. The summed E-state index contributed by atoms with van der Waals surface area (Å²) in [5.74, 6) is 0.0543. The van der Waals surface area contributed by atoms with Crippen LogP contribution in [0.4, 0.5) is 5.69 Å². The number of rotatable bonds is 6. The molecule has 0 radical (unpaired) electrons. The molecule has 0 saturated heterocycles. The molecule has 0 unspecified atom stereocenters. The third kappa shape index (κ3) is 5.12. The number of aryl methyl sites for hydroxylation is 2. The van der Waals surface area contributed by atoms with Gasteiger partial charge in [0.25, 0.3) is 5.91 Å². The second kappa shape index (κ2) is 8.15. The highest BCUT2D eigenvalue weighted by atomic mass is 16.5. The third-order valence-electron chi connectivity index (χ3n) is 3.54. The molecule has 2 rings (SSSR count). The average molecular weight is 327 g/mol. The van der Waals surface area contributed by atoms with Gasteiger partial charge in [0.2, 0.25) is 0 Å². The van der Waals surface area contributed by atoms with E-state index in [0.717, 1.165) is 22.4 Å². The van der Waals surface area contributed by atoms with E-state index < -0.39 is 0 Å². The lowest BCUT2D eigenvalue weighted by Gasteiger charge is -2.10. The van der Waals surface area contributed by atoms with E-state index in [2.05, 4.69) is 10.1 Å². The van der Waals surface area contributed by atoms with Crippen LogP contribution in [0.5, 0.6) is 5.75 Å². The van der Waals surface area contributed by atoms with Gasteiger partial charge in [-0.3, -0.25) is 9.59 Å². The van der Waals surface area contributed by atoms with Gasteiger partial charge in [0, 0.05) is 5.69 Å². The summed E-state index contributed by atoms with van der Waals surface area (Å²) in [7, 11) is 1.36. The molecule has 24 heavy (non-hydrogen) atoms. The second-order valence-electron chi connectivity index (χ2n) is 5.55. The summed E-state index contributed by atoms with van der Waals surface area (Å²) in [6.45, 7) is 3.83. The van der Waals surface area contributed by atoms with Gasteiger partial charge in [-0.05, 0) is 48.7 Å². The fourth-order valence-corrected chi connectivity index (χ4v) is 2.15. The minimum atomic E-state index is -0.295. The molecule has 5 heteroatoms. The van der Waals surface area contributed by atoms with Crippen LogP contribution < -0.4 is 10.1 Å². The fourth-order valence-electron chi connectivity index (χ4n) is 2.15. The Bertz CT molecular complexity index is 723. The Morgan fingerprint density at radius 2 is 1.75 bits per heavy atom. The van der Waals surface area contributed by atoms with Crippen molar-refractivity contribution < 1.29 is 19.1 Å². The highest BCUT2D eigenvalue weighted by molar-refractivity contribution is 5.92. The smallest absolute Gasteiger partial charge is 0.309 e. The molecule has 0 heterocycles. The minimum Gasteiger partial charge on any atom is -0.484 e. The largest absolute Gasteiger partial charge is 0.484 e. The van der Waals surface area contributed by atoms with Crippen LogP contribution in [-0.2, 0) is 20.7 Å². The Kier molecular flexibility index (Phi) is 5.95. The molecular weight excluding hydrogens is 306 g/mol. The number of anilines is 1. The maximum Gasteiger partial charge on any atom is 0.309 e. The predicted molar refractivity (Wildman–Crippen MR) is 92.2 cm³/mol. The molecule has 0 spiro atoms. The maximum absolute atomic E-state index is 12.0. The minimum absolute atomic E-state index is 0.0796. The van der Waals surface area contributed by atoms with Crippen LogP contribution >= 0.6 is 0 Å². The lowest BCUT2D eigenvalue weighted by molar-refractivity contribution is -0.139. The van der Waals surface area contributed by atoms with Crippen molar-refractivity contribution in [3.63, 3.8) is 0 Å². The van der Waals surface area contributed by atoms with Gasteiger partial charge < -0.3 is 14.8 Å². The van der Waals surface area contributed by atoms with E-state index in [9.17, 15) is 9.59 Å². The summed E-state index contributed by atoms with van der Waals surface area (Å²) in [5.41, 5.74) is 3.70. The molecule has 0 atom stereocenters. The Morgan fingerprint density at radius 3 is 2.42 bits per heavy atom. The van der Waals surface area contributed by atoms with Crippen molar-refractivity contribution in [2.24, 2.45) is 0 Å². The molecule has 0 aliphatic heterocycles. The molecule has 1 amide bonds. The van der Waals surface area contributed by atoms with Crippen LogP contribution in [-0.4, -0.2) is 25.6 Å². The Hall–Kier alpha value is -2.82. The highest BCUT2D eigenvalue weighted by Crippen LogP contribution is 2.17. The van der Waals surface area contributed by atoms with Crippen molar-refractivity contribution in [3.05, 3.63) is 59.2 Å². The average Bonchev–Trinajstić information content (AvgIpc) is 2.57. The molecule has 0 bridgehead atoms. The number of nitrogens with one attached hydrogen (secondary N) is 1. The highest BCUT2D eigenvalue weighted by Gasteiger charge is 2.07. The van der Waals surface area contributed by atoms with Gasteiger partial charge in [-0.2, -0.15) is 0 Å². The zero-order valence-corrected chi connectivity index (χ0v) is 14.1. The number of methoxy groups -OCH3 is 1. The quantitative estimate of drug-likeness (QED) is 0.828. The number of hydrogen-bond donors (Lipinski definition) is 1. The lowest BCUT2D eigenvalue weighted by Crippen LogP contribution is -2.20. The summed E-state index contributed by atoms with van der Waals surface area (Å²) in [6, 6.07) is 12.9. The third-order valence-corrected chi connectivity index (χ3v) is 3.54. The number of carbonyl (C=O) groups is 2. The van der Waals surface area contributed by atoms with Crippen LogP contribution in [0.15, 0.2) is 42.5 Å². The van der Waals surface area contributed by atoms with Gasteiger partial charge in [-0.1, -0.05) is 24.3 Å². The normalized spacial score (nSPS) is 10.1. The topological polar surface area (TPSA) is 64.6 Å². The SMILES string of the molecule is COC(=O)Cc1ccc(OCC(=O)Nc2cc(C)ccc2C)cc1. The van der Waals surface area contributed by atoms with E-state index in [4.69, 9.17) is 4.74 Å². The molecule has 5 nitrogen and oxygen atoms in total.